The van der Waals surface area contributed by atoms with E-state index in [2.05, 4.69) is 154 Å². The van der Waals surface area contributed by atoms with E-state index in [1.807, 2.05) is 42.5 Å². The Morgan fingerprint density at radius 3 is 0.974 bits per heavy atom. The second kappa shape index (κ2) is 55.8. The third-order valence-corrected chi connectivity index (χ3v) is 11.3. The zero-order valence-electron chi connectivity index (χ0n) is 46.4. The van der Waals surface area contributed by atoms with Gasteiger partial charge in [0, 0.05) is 12.8 Å². The van der Waals surface area contributed by atoms with Gasteiger partial charge < -0.3 is 24.2 Å². The fourth-order valence-corrected chi connectivity index (χ4v) is 7.05. The Balaban J connectivity index is 5.00. The molecule has 0 saturated carbocycles. The average Bonchev–Trinajstić information content (AvgIpc) is 3.41. The minimum absolute atomic E-state index is 0.0332. The van der Waals surface area contributed by atoms with Crippen LogP contribution in [-0.4, -0.2) is 66.5 Å². The van der Waals surface area contributed by atoms with Crippen molar-refractivity contribution in [2.75, 3.05) is 26.4 Å². The molecule has 0 fully saturated rings. The van der Waals surface area contributed by atoms with Gasteiger partial charge in [-0.3, -0.25) is 23.4 Å². The number of carbonyl (C=O) groups excluding carboxylic acids is 3. The Morgan fingerprint density at radius 1 is 0.382 bits per heavy atom. The van der Waals surface area contributed by atoms with Gasteiger partial charge in [0.05, 0.1) is 26.2 Å². The number of hydrogen-bond acceptors (Lipinski definition) is 10. The van der Waals surface area contributed by atoms with Gasteiger partial charge in [-0.1, -0.05) is 203 Å². The van der Waals surface area contributed by atoms with Crippen LogP contribution in [0, 0.1) is 0 Å². The first kappa shape index (κ1) is 70.6. The zero-order valence-corrected chi connectivity index (χ0v) is 47.3. The number of aliphatic hydroxyl groups excluding tert-OH is 1. The number of unbranched alkanes of at least 4 members (excludes halogenated alkanes) is 2. The third kappa shape index (κ3) is 53.4. The van der Waals surface area contributed by atoms with E-state index in [0.29, 0.717) is 32.1 Å². The van der Waals surface area contributed by atoms with E-state index in [4.69, 9.17) is 23.3 Å². The van der Waals surface area contributed by atoms with Crippen molar-refractivity contribution >= 4 is 25.7 Å². The lowest BCUT2D eigenvalue weighted by molar-refractivity contribution is -0.161. The highest BCUT2D eigenvalue weighted by Crippen LogP contribution is 2.43. The number of ether oxygens (including phenoxy) is 3. The highest BCUT2D eigenvalue weighted by Gasteiger charge is 2.28. The van der Waals surface area contributed by atoms with Crippen molar-refractivity contribution < 1.29 is 52.2 Å². The zero-order chi connectivity index (χ0) is 55.5. The van der Waals surface area contributed by atoms with Crippen LogP contribution in [0.25, 0.3) is 0 Å². The molecule has 0 heterocycles. The fourth-order valence-electron chi connectivity index (χ4n) is 6.26. The van der Waals surface area contributed by atoms with Crippen molar-refractivity contribution in [3.05, 3.63) is 182 Å². The predicted molar refractivity (Wildman–Crippen MR) is 315 cm³/mol. The summed E-state index contributed by atoms with van der Waals surface area (Å²) in [5, 5.41) is 9.80. The van der Waals surface area contributed by atoms with Crippen LogP contribution in [0.5, 0.6) is 0 Å². The molecule has 0 aliphatic heterocycles. The summed E-state index contributed by atoms with van der Waals surface area (Å²) >= 11 is 0. The highest BCUT2D eigenvalue weighted by molar-refractivity contribution is 7.47. The van der Waals surface area contributed by atoms with E-state index in [1.165, 1.54) is 0 Å². The van der Waals surface area contributed by atoms with Crippen LogP contribution >= 0.6 is 7.82 Å². The number of carbonyl (C=O) groups is 3. The SMILES string of the molecule is CC/C=C\C/C=C\C/C=C\C/C=C\C/C=C\CCCC(=O)OC(CO)COP(=O)(O)OCC(COC(=O)C/C=C\C/C=C\C/C=C\C/C=C\C/C=C\CC)OC(=O)CCC/C=C\C/C=C\C/C=C\C/C=C\C/C=C\CC. The van der Waals surface area contributed by atoms with E-state index in [0.717, 1.165) is 89.9 Å². The Kier molecular flexibility index (Phi) is 51.8. The largest absolute Gasteiger partial charge is 0.472 e. The third-order valence-electron chi connectivity index (χ3n) is 10.3. The van der Waals surface area contributed by atoms with Gasteiger partial charge in [0.1, 0.15) is 12.7 Å². The number of rotatable bonds is 48. The summed E-state index contributed by atoms with van der Waals surface area (Å²) in [4.78, 5) is 48.4. The summed E-state index contributed by atoms with van der Waals surface area (Å²) in [6, 6.07) is 0. The molecule has 0 amide bonds. The van der Waals surface area contributed by atoms with E-state index in [9.17, 15) is 28.9 Å². The van der Waals surface area contributed by atoms with Gasteiger partial charge in [-0.05, 0) is 122 Å². The molecule has 0 aliphatic rings. The second-order valence-electron chi connectivity index (χ2n) is 17.3. The van der Waals surface area contributed by atoms with Crippen molar-refractivity contribution in [3.63, 3.8) is 0 Å². The Bertz CT molecular complexity index is 1970. The number of hydrogen-bond donors (Lipinski definition) is 2. The van der Waals surface area contributed by atoms with E-state index in [-0.39, 0.29) is 19.3 Å². The summed E-state index contributed by atoms with van der Waals surface area (Å²) in [7, 11) is -4.81. The van der Waals surface area contributed by atoms with Crippen LogP contribution in [0.3, 0.4) is 0 Å². The molecule has 2 N–H and O–H groups in total. The van der Waals surface area contributed by atoms with Gasteiger partial charge in [-0.2, -0.15) is 0 Å². The molecule has 0 rings (SSSR count). The number of esters is 3. The molecule has 3 atom stereocenters. The summed E-state index contributed by atoms with van der Waals surface area (Å²) in [6.45, 7) is 4.01. The predicted octanol–water partition coefficient (Wildman–Crippen LogP) is 16.5. The Hall–Kier alpha value is -5.42. The fraction of sp³-hybridized carbons (Fsp3) is 0.484. The van der Waals surface area contributed by atoms with Gasteiger partial charge in [0.15, 0.2) is 6.10 Å². The monoisotopic (exact) mass is 1070 g/mol. The molecule has 0 aromatic heterocycles. The maximum absolute atomic E-state index is 12.9. The molecule has 0 aliphatic carbocycles. The van der Waals surface area contributed by atoms with Crippen LogP contribution in [-0.2, 0) is 42.2 Å². The molecular weight excluding hydrogens is 976 g/mol. The molecule has 0 aromatic rings. The molecule has 0 spiro atoms. The maximum atomic E-state index is 12.9. The summed E-state index contributed by atoms with van der Waals surface area (Å²) in [5.74, 6) is -1.78. The van der Waals surface area contributed by atoms with E-state index >= 15 is 0 Å². The van der Waals surface area contributed by atoms with Gasteiger partial charge in [-0.25, -0.2) is 4.57 Å². The first-order chi connectivity index (χ1) is 37.2. The van der Waals surface area contributed by atoms with Crippen LogP contribution in [0.15, 0.2) is 182 Å². The minimum atomic E-state index is -4.81. The molecule has 76 heavy (non-hydrogen) atoms. The Labute approximate surface area is 459 Å². The van der Waals surface area contributed by atoms with Gasteiger partial charge >= 0.3 is 25.7 Å². The van der Waals surface area contributed by atoms with Gasteiger partial charge in [-0.15, -0.1) is 0 Å². The van der Waals surface area contributed by atoms with Gasteiger partial charge in [0.2, 0.25) is 0 Å². The number of allylic oxidation sites excluding steroid dienone is 29. The molecule has 11 nitrogen and oxygen atoms in total. The first-order valence-corrected chi connectivity index (χ1v) is 29.2. The van der Waals surface area contributed by atoms with Crippen molar-refractivity contribution in [3.8, 4) is 0 Å². The molecular formula is C64H95O11P. The summed E-state index contributed by atoms with van der Waals surface area (Å²) < 4.78 is 39.2. The number of phosphoric ester groups is 1. The standard InChI is InChI=1S/C64H95O11P/c1-4-7-10-13-16-19-22-25-28-30-33-36-39-42-45-48-51-54-63(67)74-60(56-65)58-72-76(69,70)73-59-61(57-71-62(66)53-50-47-44-41-38-35-32-27-24-21-18-15-12-9-6-3)75-64(68)55-52-49-46-43-40-37-34-31-29-26-23-20-17-14-11-8-5-2/h7-12,16-21,25-29,32-34,36-38,41-43,45-47,50,60-61,65H,4-6,13-15,22-24,30-31,35,39-40,44,48-49,51-59H2,1-3H3,(H,69,70)/b10-7-,11-8-,12-9-,19-16-,20-17-,21-18-,28-25-,29-26-,32-27-,36-33-,37-34-,41-38-,45-42-,46-43-,50-47-. The van der Waals surface area contributed by atoms with Crippen LogP contribution in [0.1, 0.15) is 162 Å². The first-order valence-electron chi connectivity index (χ1n) is 27.7. The quantitative estimate of drug-likeness (QED) is 0.0197. The van der Waals surface area contributed by atoms with Crippen LogP contribution in [0.2, 0.25) is 0 Å². The van der Waals surface area contributed by atoms with Crippen molar-refractivity contribution in [1.82, 2.24) is 0 Å². The van der Waals surface area contributed by atoms with Crippen LogP contribution in [0.4, 0.5) is 0 Å². The van der Waals surface area contributed by atoms with E-state index < -0.39 is 64.4 Å². The molecule has 0 aromatic carbocycles. The molecule has 0 radical (unpaired) electrons. The molecule has 422 valence electrons. The molecule has 0 saturated heterocycles. The highest BCUT2D eigenvalue weighted by atomic mass is 31.2. The van der Waals surface area contributed by atoms with Gasteiger partial charge in [0.25, 0.3) is 0 Å². The van der Waals surface area contributed by atoms with Crippen LogP contribution < -0.4 is 0 Å². The summed E-state index contributed by atoms with van der Waals surface area (Å²) in [5.41, 5.74) is 0. The number of phosphoric acid groups is 1. The second-order valence-corrected chi connectivity index (χ2v) is 18.7. The minimum Gasteiger partial charge on any atom is -0.461 e. The molecule has 12 heteroatoms. The van der Waals surface area contributed by atoms with Crippen molar-refractivity contribution in [2.45, 2.75) is 174 Å². The van der Waals surface area contributed by atoms with Crippen molar-refractivity contribution in [1.29, 1.82) is 0 Å². The normalized spacial score (nSPS) is 14.8. The average molecular weight is 1070 g/mol. The lowest BCUT2D eigenvalue weighted by Crippen LogP contribution is -2.30. The number of aliphatic hydroxyl groups is 1. The van der Waals surface area contributed by atoms with Crippen molar-refractivity contribution in [2.24, 2.45) is 0 Å². The molecule has 0 bridgehead atoms. The molecule has 3 unspecified atom stereocenters. The Morgan fingerprint density at radius 2 is 0.658 bits per heavy atom. The lowest BCUT2D eigenvalue weighted by atomic mass is 10.2. The smallest absolute Gasteiger partial charge is 0.461 e. The summed E-state index contributed by atoms with van der Waals surface area (Å²) in [6.07, 6.45) is 76.1. The lowest BCUT2D eigenvalue weighted by Gasteiger charge is -2.21. The van der Waals surface area contributed by atoms with E-state index in [1.54, 1.807) is 6.08 Å². The topological polar surface area (TPSA) is 155 Å². The maximum Gasteiger partial charge on any atom is 0.472 e.